The maximum absolute atomic E-state index is 13.5. The van der Waals surface area contributed by atoms with Crippen LogP contribution >= 0.6 is 0 Å². The van der Waals surface area contributed by atoms with Gasteiger partial charge in [-0.25, -0.2) is 9.18 Å². The summed E-state index contributed by atoms with van der Waals surface area (Å²) in [4.78, 5) is 14.8. The van der Waals surface area contributed by atoms with E-state index in [4.69, 9.17) is 10.3 Å². The monoisotopic (exact) mass is 302 g/mol. The first-order valence-corrected chi connectivity index (χ1v) is 7.06. The highest BCUT2D eigenvalue weighted by atomic mass is 19.1. The zero-order valence-electron chi connectivity index (χ0n) is 12.1. The predicted molar refractivity (Wildman–Crippen MR) is 79.1 cm³/mol. The summed E-state index contributed by atoms with van der Waals surface area (Å²) in [5.74, 6) is -0.882. The maximum atomic E-state index is 13.5. The van der Waals surface area contributed by atoms with E-state index >= 15 is 0 Å². The number of halogens is 1. The smallest absolute Gasteiger partial charge is 0.340 e. The molecule has 1 aliphatic carbocycles. The lowest BCUT2D eigenvalue weighted by Gasteiger charge is -2.13. The second-order valence-corrected chi connectivity index (χ2v) is 5.43. The lowest BCUT2D eigenvalue weighted by atomic mass is 10.1. The van der Waals surface area contributed by atoms with E-state index in [-0.39, 0.29) is 12.1 Å². The highest BCUT2D eigenvalue weighted by Gasteiger charge is 2.27. The van der Waals surface area contributed by atoms with Gasteiger partial charge in [0.05, 0.1) is 12.7 Å². The lowest BCUT2D eigenvalue weighted by molar-refractivity contribution is 0.0602. The Labute approximate surface area is 126 Å². The fourth-order valence-corrected chi connectivity index (χ4v) is 3.17. The van der Waals surface area contributed by atoms with Gasteiger partial charge in [0.25, 0.3) is 0 Å². The second kappa shape index (κ2) is 5.69. The molecular weight excluding hydrogens is 287 g/mol. The van der Waals surface area contributed by atoms with Gasteiger partial charge in [-0.05, 0) is 43.0 Å². The molecule has 0 spiro atoms. The van der Waals surface area contributed by atoms with E-state index in [1.807, 2.05) is 4.57 Å². The van der Waals surface area contributed by atoms with Crippen molar-refractivity contribution >= 4 is 16.9 Å². The fraction of sp³-hybridized carbons (Fsp3) is 0.400. The number of rotatable bonds is 3. The SMILES string of the molecule is COC(=O)c1cn([C@H]2CC[C@H](N=[N+]=[N-])C2)c2ccc(F)cc12. The van der Waals surface area contributed by atoms with Gasteiger partial charge in [-0.2, -0.15) is 0 Å². The number of nitrogens with zero attached hydrogens (tertiary/aromatic N) is 4. The Morgan fingerprint density at radius 2 is 2.32 bits per heavy atom. The first kappa shape index (κ1) is 14.4. The minimum Gasteiger partial charge on any atom is -0.465 e. The van der Waals surface area contributed by atoms with Gasteiger partial charge in [0.2, 0.25) is 0 Å². The lowest BCUT2D eigenvalue weighted by Crippen LogP contribution is -2.05. The molecule has 0 bridgehead atoms. The zero-order valence-corrected chi connectivity index (χ0v) is 12.1. The number of azide groups is 1. The van der Waals surface area contributed by atoms with Crippen LogP contribution in [0.2, 0.25) is 0 Å². The van der Waals surface area contributed by atoms with Gasteiger partial charge in [-0.1, -0.05) is 5.11 Å². The minimum atomic E-state index is -0.487. The number of benzene rings is 1. The normalized spacial score (nSPS) is 20.8. The van der Waals surface area contributed by atoms with Crippen molar-refractivity contribution in [1.29, 1.82) is 0 Å². The molecule has 0 saturated heterocycles. The highest BCUT2D eigenvalue weighted by Crippen LogP contribution is 2.36. The predicted octanol–water partition coefficient (Wildman–Crippen LogP) is 3.97. The van der Waals surface area contributed by atoms with Gasteiger partial charge in [0.15, 0.2) is 0 Å². The molecule has 3 rings (SSSR count). The van der Waals surface area contributed by atoms with Gasteiger partial charge < -0.3 is 9.30 Å². The molecule has 2 atom stereocenters. The molecule has 0 amide bonds. The van der Waals surface area contributed by atoms with E-state index in [2.05, 4.69) is 10.0 Å². The summed E-state index contributed by atoms with van der Waals surface area (Å²) in [5, 5.41) is 4.31. The molecule has 0 aliphatic heterocycles. The van der Waals surface area contributed by atoms with E-state index in [1.54, 1.807) is 12.3 Å². The summed E-state index contributed by atoms with van der Waals surface area (Å²) in [7, 11) is 1.30. The Kier molecular flexibility index (Phi) is 3.73. The number of methoxy groups -OCH3 is 1. The van der Waals surface area contributed by atoms with Crippen molar-refractivity contribution in [3.05, 3.63) is 46.2 Å². The van der Waals surface area contributed by atoms with E-state index < -0.39 is 11.8 Å². The molecule has 6 nitrogen and oxygen atoms in total. The third-order valence-corrected chi connectivity index (χ3v) is 4.19. The highest BCUT2D eigenvalue weighted by molar-refractivity contribution is 6.04. The molecule has 2 aromatic rings. The molecule has 0 N–H and O–H groups in total. The van der Waals surface area contributed by atoms with Crippen molar-refractivity contribution in [1.82, 2.24) is 4.57 Å². The van der Waals surface area contributed by atoms with Crippen molar-refractivity contribution in [2.45, 2.75) is 31.3 Å². The van der Waals surface area contributed by atoms with Crippen LogP contribution in [-0.4, -0.2) is 23.7 Å². The van der Waals surface area contributed by atoms with Gasteiger partial charge in [-0.3, -0.25) is 0 Å². The van der Waals surface area contributed by atoms with Crippen molar-refractivity contribution in [2.75, 3.05) is 7.11 Å². The van der Waals surface area contributed by atoms with Crippen LogP contribution in [0.25, 0.3) is 21.3 Å². The number of ether oxygens (including phenoxy) is 1. The first-order valence-electron chi connectivity index (χ1n) is 7.06. The molecule has 1 heterocycles. The molecule has 1 aliphatic rings. The van der Waals surface area contributed by atoms with Crippen molar-refractivity contribution in [3.63, 3.8) is 0 Å². The van der Waals surface area contributed by atoms with Gasteiger partial charge >= 0.3 is 5.97 Å². The van der Waals surface area contributed by atoms with Crippen LogP contribution < -0.4 is 0 Å². The van der Waals surface area contributed by atoms with Crippen molar-refractivity contribution in [2.24, 2.45) is 5.11 Å². The van der Waals surface area contributed by atoms with E-state index in [9.17, 15) is 9.18 Å². The quantitative estimate of drug-likeness (QED) is 0.372. The summed E-state index contributed by atoms with van der Waals surface area (Å²) < 4.78 is 20.3. The number of carbonyl (C=O) groups excluding carboxylic acids is 1. The van der Waals surface area contributed by atoms with Crippen LogP contribution in [0.15, 0.2) is 29.5 Å². The number of aromatic nitrogens is 1. The Hall–Kier alpha value is -2.53. The molecule has 0 unspecified atom stereocenters. The number of hydrogen-bond acceptors (Lipinski definition) is 3. The first-order chi connectivity index (χ1) is 10.6. The Morgan fingerprint density at radius 3 is 3.05 bits per heavy atom. The van der Waals surface area contributed by atoms with Crippen molar-refractivity contribution < 1.29 is 13.9 Å². The Bertz CT molecular complexity index is 779. The van der Waals surface area contributed by atoms with Crippen LogP contribution in [0.3, 0.4) is 0 Å². The zero-order chi connectivity index (χ0) is 15.7. The average molecular weight is 302 g/mol. The Balaban J connectivity index is 2.07. The largest absolute Gasteiger partial charge is 0.465 e. The van der Waals surface area contributed by atoms with Crippen LogP contribution in [0.4, 0.5) is 4.39 Å². The molecule has 7 heteroatoms. The molecule has 1 fully saturated rings. The van der Waals surface area contributed by atoms with E-state index in [0.29, 0.717) is 17.4 Å². The molecular formula is C15H15FN4O2. The van der Waals surface area contributed by atoms with Crippen LogP contribution in [0.1, 0.15) is 35.7 Å². The van der Waals surface area contributed by atoms with Crippen LogP contribution in [0, 0.1) is 5.82 Å². The molecule has 1 aromatic heterocycles. The number of esters is 1. The summed E-state index contributed by atoms with van der Waals surface area (Å²) in [5.41, 5.74) is 9.68. The fourth-order valence-electron chi connectivity index (χ4n) is 3.17. The molecule has 1 saturated carbocycles. The summed E-state index contributed by atoms with van der Waals surface area (Å²) in [6.45, 7) is 0. The van der Waals surface area contributed by atoms with Crippen molar-refractivity contribution in [3.8, 4) is 0 Å². The minimum absolute atomic E-state index is 0.0329. The van der Waals surface area contributed by atoms with Gasteiger partial charge in [-0.15, -0.1) is 0 Å². The Morgan fingerprint density at radius 1 is 1.50 bits per heavy atom. The standard InChI is InChI=1S/C15H15FN4O2/c1-22-15(21)13-8-20(11-4-3-10(7-11)18-19-17)14-5-2-9(16)6-12(13)14/h2,5-6,8,10-11H,3-4,7H2,1H3/t10-,11-/m0/s1. The molecule has 0 radical (unpaired) electrons. The van der Waals surface area contributed by atoms with E-state index in [0.717, 1.165) is 18.4 Å². The molecule has 22 heavy (non-hydrogen) atoms. The average Bonchev–Trinajstić information content (AvgIpc) is 3.11. The topological polar surface area (TPSA) is 80.0 Å². The van der Waals surface area contributed by atoms with Crippen LogP contribution in [0.5, 0.6) is 0 Å². The van der Waals surface area contributed by atoms with Gasteiger partial charge in [0, 0.05) is 34.1 Å². The second-order valence-electron chi connectivity index (χ2n) is 5.43. The third kappa shape index (κ3) is 2.40. The number of fused-ring (bicyclic) bond motifs is 1. The molecule has 1 aromatic carbocycles. The molecule has 114 valence electrons. The maximum Gasteiger partial charge on any atom is 0.340 e. The summed E-state index contributed by atoms with van der Waals surface area (Å²) >= 11 is 0. The van der Waals surface area contributed by atoms with E-state index in [1.165, 1.54) is 19.2 Å². The summed E-state index contributed by atoms with van der Waals surface area (Å²) in [6, 6.07) is 4.48. The van der Waals surface area contributed by atoms with Crippen LogP contribution in [-0.2, 0) is 4.74 Å². The van der Waals surface area contributed by atoms with Gasteiger partial charge in [0.1, 0.15) is 5.82 Å². The summed E-state index contributed by atoms with van der Waals surface area (Å²) in [6.07, 6.45) is 4.08. The number of carbonyl (C=O) groups is 1. The third-order valence-electron chi connectivity index (χ3n) is 4.19. The number of hydrogen-bond donors (Lipinski definition) is 0.